The lowest BCUT2D eigenvalue weighted by atomic mass is 10.1. The summed E-state index contributed by atoms with van der Waals surface area (Å²) in [6.45, 7) is 9.48. The summed E-state index contributed by atoms with van der Waals surface area (Å²) in [5.41, 5.74) is 1.53. The lowest BCUT2D eigenvalue weighted by Gasteiger charge is -2.24. The molecule has 0 unspecified atom stereocenters. The summed E-state index contributed by atoms with van der Waals surface area (Å²) in [4.78, 5) is 13.0. The van der Waals surface area contributed by atoms with Crippen molar-refractivity contribution in [3.8, 4) is 0 Å². The maximum atomic E-state index is 11.1. The Hall–Kier alpha value is -0.990. The highest BCUT2D eigenvalue weighted by Crippen LogP contribution is 2.16. The normalized spacial score (nSPS) is 9.71. The van der Waals surface area contributed by atoms with E-state index >= 15 is 0 Å². The molecule has 3 heteroatoms. The third-order valence-corrected chi connectivity index (χ3v) is 2.47. The van der Waals surface area contributed by atoms with Crippen molar-refractivity contribution >= 4 is 5.97 Å². The molecule has 0 amide bonds. The number of hydrogen-bond acceptors (Lipinski definition) is 2. The minimum atomic E-state index is -0.799. The lowest BCUT2D eigenvalue weighted by molar-refractivity contribution is -0.134. The van der Waals surface area contributed by atoms with Gasteiger partial charge in [-0.15, -0.1) is 0 Å². The Morgan fingerprint density at radius 1 is 1.07 bits per heavy atom. The fourth-order valence-electron chi connectivity index (χ4n) is 1.63. The van der Waals surface area contributed by atoms with E-state index < -0.39 is 5.97 Å². The molecule has 0 fully saturated rings. The predicted molar refractivity (Wildman–Crippen MR) is 58.2 cm³/mol. The van der Waals surface area contributed by atoms with Crippen LogP contribution in [-0.2, 0) is 4.79 Å². The van der Waals surface area contributed by atoms with E-state index in [-0.39, 0.29) is 0 Å². The number of carboxylic acids is 1. The van der Waals surface area contributed by atoms with Crippen LogP contribution in [0.4, 0.5) is 0 Å². The smallest absolute Gasteiger partial charge is 0.352 e. The van der Waals surface area contributed by atoms with E-state index in [4.69, 9.17) is 5.11 Å². The van der Waals surface area contributed by atoms with Crippen LogP contribution in [0.5, 0.6) is 0 Å². The van der Waals surface area contributed by atoms with Gasteiger partial charge in [-0.25, -0.2) is 4.79 Å². The van der Waals surface area contributed by atoms with Gasteiger partial charge in [-0.1, -0.05) is 13.8 Å². The number of hydrogen-bond donors (Lipinski definition) is 1. The Labute approximate surface area is 86.4 Å². The Morgan fingerprint density at radius 3 is 1.71 bits per heavy atom. The van der Waals surface area contributed by atoms with Gasteiger partial charge in [0, 0.05) is 13.1 Å². The van der Waals surface area contributed by atoms with E-state index in [1.165, 1.54) is 0 Å². The first-order valence-corrected chi connectivity index (χ1v) is 5.32. The van der Waals surface area contributed by atoms with Gasteiger partial charge in [-0.3, -0.25) is 0 Å². The van der Waals surface area contributed by atoms with Crippen molar-refractivity contribution in [3.05, 3.63) is 11.3 Å². The molecule has 0 aliphatic heterocycles. The quantitative estimate of drug-likeness (QED) is 0.668. The van der Waals surface area contributed by atoms with Crippen LogP contribution in [0.3, 0.4) is 0 Å². The molecule has 0 heterocycles. The van der Waals surface area contributed by atoms with Crippen molar-refractivity contribution in [1.29, 1.82) is 0 Å². The topological polar surface area (TPSA) is 40.5 Å². The summed E-state index contributed by atoms with van der Waals surface area (Å²) in [6.07, 6.45) is 1.63. The second kappa shape index (κ2) is 6.46. The zero-order valence-corrected chi connectivity index (χ0v) is 9.63. The number of nitrogens with zero attached hydrogens (tertiary/aromatic N) is 1. The third-order valence-electron chi connectivity index (χ3n) is 2.47. The Balaban J connectivity index is 5.08. The van der Waals surface area contributed by atoms with Crippen molar-refractivity contribution < 1.29 is 9.90 Å². The molecule has 0 rings (SSSR count). The van der Waals surface area contributed by atoms with Gasteiger partial charge < -0.3 is 10.0 Å². The molecule has 0 saturated heterocycles. The van der Waals surface area contributed by atoms with Gasteiger partial charge in [-0.2, -0.15) is 0 Å². The SMILES string of the molecule is CCC(CC)=C(C(=O)O)N(CC)CC. The fourth-order valence-corrected chi connectivity index (χ4v) is 1.63. The van der Waals surface area contributed by atoms with E-state index in [0.29, 0.717) is 5.70 Å². The zero-order valence-electron chi connectivity index (χ0n) is 9.63. The molecule has 0 spiro atoms. The Bertz CT molecular complexity index is 211. The highest BCUT2D eigenvalue weighted by atomic mass is 16.4. The van der Waals surface area contributed by atoms with Gasteiger partial charge in [0.15, 0.2) is 0 Å². The molecule has 0 aromatic rings. The van der Waals surface area contributed by atoms with Crippen molar-refractivity contribution in [2.75, 3.05) is 13.1 Å². The molecule has 0 aromatic heterocycles. The first-order valence-electron chi connectivity index (χ1n) is 5.32. The number of carboxylic acid groups (broad SMARTS) is 1. The lowest BCUT2D eigenvalue weighted by Crippen LogP contribution is -2.28. The van der Waals surface area contributed by atoms with Crippen molar-refractivity contribution in [1.82, 2.24) is 4.90 Å². The van der Waals surface area contributed by atoms with E-state index in [1.54, 1.807) is 0 Å². The first-order chi connectivity index (χ1) is 6.62. The van der Waals surface area contributed by atoms with Crippen LogP contribution in [0.2, 0.25) is 0 Å². The van der Waals surface area contributed by atoms with Crippen molar-refractivity contribution in [3.63, 3.8) is 0 Å². The maximum Gasteiger partial charge on any atom is 0.352 e. The third kappa shape index (κ3) is 3.05. The van der Waals surface area contributed by atoms with E-state index in [2.05, 4.69) is 0 Å². The molecule has 0 aromatic carbocycles. The van der Waals surface area contributed by atoms with Crippen LogP contribution >= 0.6 is 0 Å². The predicted octanol–water partition coefficient (Wildman–Crippen LogP) is 2.49. The van der Waals surface area contributed by atoms with Crippen molar-refractivity contribution in [2.45, 2.75) is 40.5 Å². The van der Waals surface area contributed by atoms with Gasteiger partial charge in [0.25, 0.3) is 0 Å². The van der Waals surface area contributed by atoms with Gasteiger partial charge in [0.05, 0.1) is 0 Å². The summed E-state index contributed by atoms with van der Waals surface area (Å²) in [5, 5.41) is 9.14. The highest BCUT2D eigenvalue weighted by molar-refractivity contribution is 5.86. The first kappa shape index (κ1) is 13.0. The number of likely N-dealkylation sites (N-methyl/N-ethyl adjacent to an activating group) is 1. The van der Waals surface area contributed by atoms with E-state index in [1.807, 2.05) is 32.6 Å². The van der Waals surface area contributed by atoms with E-state index in [0.717, 1.165) is 31.5 Å². The summed E-state index contributed by atoms with van der Waals surface area (Å²) < 4.78 is 0. The average molecular weight is 199 g/mol. The standard InChI is InChI=1S/C11H21NO2/c1-5-9(6-2)10(11(13)14)12(7-3)8-4/h5-8H2,1-4H3,(H,13,14). The fraction of sp³-hybridized carbons (Fsp3) is 0.727. The zero-order chi connectivity index (χ0) is 11.1. The number of allylic oxidation sites excluding steroid dienone is 1. The molecule has 1 N–H and O–H groups in total. The van der Waals surface area contributed by atoms with Crippen LogP contribution < -0.4 is 0 Å². The summed E-state index contributed by atoms with van der Waals surface area (Å²) in [5.74, 6) is -0.799. The van der Waals surface area contributed by atoms with Gasteiger partial charge in [0.1, 0.15) is 5.70 Å². The molecule has 0 aliphatic carbocycles. The monoisotopic (exact) mass is 199 g/mol. The molecular weight excluding hydrogens is 178 g/mol. The van der Waals surface area contributed by atoms with Gasteiger partial charge >= 0.3 is 5.97 Å². The molecule has 0 bridgehead atoms. The minimum Gasteiger partial charge on any atom is -0.477 e. The second-order valence-electron chi connectivity index (χ2n) is 3.14. The Morgan fingerprint density at radius 2 is 1.50 bits per heavy atom. The van der Waals surface area contributed by atoms with Crippen LogP contribution in [-0.4, -0.2) is 29.1 Å². The average Bonchev–Trinajstić information content (AvgIpc) is 2.18. The molecule has 0 atom stereocenters. The summed E-state index contributed by atoms with van der Waals surface area (Å²) in [6, 6.07) is 0. The highest BCUT2D eigenvalue weighted by Gasteiger charge is 2.17. The van der Waals surface area contributed by atoms with Gasteiger partial charge in [0.2, 0.25) is 0 Å². The minimum absolute atomic E-state index is 0.500. The number of aliphatic carboxylic acids is 1. The molecule has 82 valence electrons. The Kier molecular flexibility index (Phi) is 6.00. The van der Waals surface area contributed by atoms with Crippen LogP contribution in [0, 0.1) is 0 Å². The van der Waals surface area contributed by atoms with Crippen LogP contribution in [0.15, 0.2) is 11.3 Å². The number of carbonyl (C=O) groups is 1. The van der Waals surface area contributed by atoms with E-state index in [9.17, 15) is 4.79 Å². The summed E-state index contributed by atoms with van der Waals surface area (Å²) >= 11 is 0. The molecule has 3 nitrogen and oxygen atoms in total. The molecule has 14 heavy (non-hydrogen) atoms. The summed E-state index contributed by atoms with van der Waals surface area (Å²) in [7, 11) is 0. The van der Waals surface area contributed by atoms with Crippen molar-refractivity contribution in [2.24, 2.45) is 0 Å². The largest absolute Gasteiger partial charge is 0.477 e. The second-order valence-corrected chi connectivity index (χ2v) is 3.14. The van der Waals surface area contributed by atoms with Crippen LogP contribution in [0.25, 0.3) is 0 Å². The number of rotatable bonds is 6. The molecule has 0 radical (unpaired) electrons. The maximum absolute atomic E-state index is 11.1. The molecular formula is C11H21NO2. The molecule has 0 aliphatic rings. The van der Waals surface area contributed by atoms with Crippen LogP contribution in [0.1, 0.15) is 40.5 Å². The van der Waals surface area contributed by atoms with Gasteiger partial charge in [-0.05, 0) is 32.3 Å². The molecule has 0 saturated carbocycles.